The molecule has 0 bridgehead atoms. The second-order valence-corrected chi connectivity index (χ2v) is 4.40. The molecule has 0 amide bonds. The van der Waals surface area contributed by atoms with Crippen LogP contribution in [0.25, 0.3) is 10.9 Å². The lowest BCUT2D eigenvalue weighted by molar-refractivity contribution is 0.0690. The van der Waals surface area contributed by atoms with E-state index >= 15 is 0 Å². The maximum atomic E-state index is 11.3. The van der Waals surface area contributed by atoms with Gasteiger partial charge in [-0.1, -0.05) is 6.07 Å². The summed E-state index contributed by atoms with van der Waals surface area (Å²) >= 11 is 0. The Bertz CT molecular complexity index is 631. The van der Waals surface area contributed by atoms with Crippen LogP contribution in [0.5, 0.6) is 5.75 Å². The zero-order chi connectivity index (χ0) is 12.7. The highest BCUT2D eigenvalue weighted by Gasteiger charge is 2.23. The van der Waals surface area contributed by atoms with Crippen LogP contribution in [0.15, 0.2) is 12.1 Å². The molecule has 1 aromatic carbocycles. The molecule has 2 aromatic rings. The molecule has 18 heavy (non-hydrogen) atoms. The Morgan fingerprint density at radius 1 is 1.50 bits per heavy atom. The molecular weight excluding hydrogens is 232 g/mol. The molecule has 2 heterocycles. The van der Waals surface area contributed by atoms with Crippen LogP contribution in [-0.4, -0.2) is 29.2 Å². The van der Waals surface area contributed by atoms with Crippen molar-refractivity contribution in [2.45, 2.75) is 12.8 Å². The van der Waals surface area contributed by atoms with Gasteiger partial charge in [-0.25, -0.2) is 4.79 Å². The third-order valence-corrected chi connectivity index (χ3v) is 3.33. The van der Waals surface area contributed by atoms with E-state index in [-0.39, 0.29) is 5.69 Å². The van der Waals surface area contributed by atoms with Gasteiger partial charge < -0.3 is 20.6 Å². The van der Waals surface area contributed by atoms with Gasteiger partial charge in [-0.2, -0.15) is 0 Å². The molecule has 5 nitrogen and oxygen atoms in total. The number of fused-ring (bicyclic) bond motifs is 3. The van der Waals surface area contributed by atoms with Gasteiger partial charge in [0.1, 0.15) is 11.4 Å². The highest BCUT2D eigenvalue weighted by molar-refractivity contribution is 6.00. The molecule has 3 rings (SSSR count). The minimum Gasteiger partial charge on any atom is -0.492 e. The molecule has 0 fully saturated rings. The maximum Gasteiger partial charge on any atom is 0.352 e. The molecule has 0 radical (unpaired) electrons. The van der Waals surface area contributed by atoms with Gasteiger partial charge in [0.15, 0.2) is 0 Å². The number of carboxylic acids is 1. The number of aromatic nitrogens is 1. The average molecular weight is 246 g/mol. The highest BCUT2D eigenvalue weighted by atomic mass is 16.5. The lowest BCUT2D eigenvalue weighted by Gasteiger charge is -2.04. The number of aromatic amines is 1. The predicted octanol–water partition coefficient (Wildman–Crippen LogP) is 1.30. The van der Waals surface area contributed by atoms with Crippen molar-refractivity contribution in [1.82, 2.24) is 4.98 Å². The highest BCUT2D eigenvalue weighted by Crippen LogP contribution is 2.37. The zero-order valence-corrected chi connectivity index (χ0v) is 9.82. The second kappa shape index (κ2) is 4.03. The van der Waals surface area contributed by atoms with E-state index in [1.165, 1.54) is 0 Å². The van der Waals surface area contributed by atoms with Gasteiger partial charge in [-0.3, -0.25) is 0 Å². The number of benzene rings is 1. The largest absolute Gasteiger partial charge is 0.492 e. The topological polar surface area (TPSA) is 88.3 Å². The van der Waals surface area contributed by atoms with Crippen molar-refractivity contribution in [3.63, 3.8) is 0 Å². The number of nitrogens with two attached hydrogens (primary N) is 1. The van der Waals surface area contributed by atoms with Crippen LogP contribution in [-0.2, 0) is 12.8 Å². The van der Waals surface area contributed by atoms with E-state index in [0.29, 0.717) is 19.6 Å². The number of H-pyrrole nitrogens is 1. The van der Waals surface area contributed by atoms with Gasteiger partial charge in [-0.05, 0) is 30.2 Å². The van der Waals surface area contributed by atoms with Crippen LogP contribution < -0.4 is 10.5 Å². The van der Waals surface area contributed by atoms with Crippen LogP contribution >= 0.6 is 0 Å². The fraction of sp³-hybridized carbons (Fsp3) is 0.308. The van der Waals surface area contributed by atoms with Crippen LogP contribution in [0.4, 0.5) is 0 Å². The second-order valence-electron chi connectivity index (χ2n) is 4.40. The molecule has 0 spiro atoms. The fourth-order valence-corrected chi connectivity index (χ4v) is 2.57. The van der Waals surface area contributed by atoms with E-state index in [9.17, 15) is 9.90 Å². The normalized spacial score (nSPS) is 13.6. The standard InChI is InChI=1S/C13H14N2O3/c14-5-3-8-10-9(15-11(8)13(16)17)2-1-7-4-6-18-12(7)10/h1-2,15H,3-6,14H2,(H,16,17). The SMILES string of the molecule is NCCc1c(C(=O)O)[nH]c2ccc3c(c12)OCC3. The van der Waals surface area contributed by atoms with E-state index in [4.69, 9.17) is 10.5 Å². The quantitative estimate of drug-likeness (QED) is 0.761. The van der Waals surface area contributed by atoms with Crippen LogP contribution in [0.1, 0.15) is 21.6 Å². The molecule has 0 aliphatic carbocycles. The number of rotatable bonds is 3. The van der Waals surface area contributed by atoms with Crippen LogP contribution in [0.2, 0.25) is 0 Å². The predicted molar refractivity (Wildman–Crippen MR) is 67.2 cm³/mol. The molecule has 1 aliphatic heterocycles. The summed E-state index contributed by atoms with van der Waals surface area (Å²) in [7, 11) is 0. The summed E-state index contributed by atoms with van der Waals surface area (Å²) in [5.41, 5.74) is 8.49. The molecule has 0 atom stereocenters. The summed E-state index contributed by atoms with van der Waals surface area (Å²) in [6, 6.07) is 3.90. The summed E-state index contributed by atoms with van der Waals surface area (Å²) in [6.07, 6.45) is 1.41. The summed E-state index contributed by atoms with van der Waals surface area (Å²) in [5.74, 6) is -0.138. The minimum atomic E-state index is -0.957. The summed E-state index contributed by atoms with van der Waals surface area (Å²) in [6.45, 7) is 1.07. The average Bonchev–Trinajstić information content (AvgIpc) is 2.92. The number of carbonyl (C=O) groups is 1. The molecule has 0 saturated heterocycles. The number of hydrogen-bond acceptors (Lipinski definition) is 3. The van der Waals surface area contributed by atoms with Crippen molar-refractivity contribution in [2.24, 2.45) is 5.73 Å². The molecule has 94 valence electrons. The molecule has 1 aromatic heterocycles. The van der Waals surface area contributed by atoms with Crippen molar-refractivity contribution < 1.29 is 14.6 Å². The monoisotopic (exact) mass is 246 g/mol. The molecular formula is C13H14N2O3. The van der Waals surface area contributed by atoms with Gasteiger partial charge in [-0.15, -0.1) is 0 Å². The third kappa shape index (κ3) is 1.48. The van der Waals surface area contributed by atoms with E-state index in [2.05, 4.69) is 4.98 Å². The first-order valence-corrected chi connectivity index (χ1v) is 5.95. The van der Waals surface area contributed by atoms with Crippen molar-refractivity contribution >= 4 is 16.9 Å². The first-order chi connectivity index (χ1) is 8.72. The third-order valence-electron chi connectivity index (χ3n) is 3.33. The van der Waals surface area contributed by atoms with Crippen molar-refractivity contribution in [1.29, 1.82) is 0 Å². The molecule has 4 N–H and O–H groups in total. The van der Waals surface area contributed by atoms with Gasteiger partial charge in [0.2, 0.25) is 0 Å². The van der Waals surface area contributed by atoms with E-state index in [1.807, 2.05) is 12.1 Å². The van der Waals surface area contributed by atoms with E-state index in [1.54, 1.807) is 0 Å². The maximum absolute atomic E-state index is 11.3. The Morgan fingerprint density at radius 2 is 2.33 bits per heavy atom. The van der Waals surface area contributed by atoms with Crippen molar-refractivity contribution in [2.75, 3.05) is 13.2 Å². The number of nitrogens with one attached hydrogen (secondary N) is 1. The van der Waals surface area contributed by atoms with Crippen molar-refractivity contribution in [3.8, 4) is 5.75 Å². The first-order valence-electron chi connectivity index (χ1n) is 5.95. The fourth-order valence-electron chi connectivity index (χ4n) is 2.57. The van der Waals surface area contributed by atoms with Crippen LogP contribution in [0.3, 0.4) is 0 Å². The Balaban J connectivity index is 2.33. The summed E-state index contributed by atoms with van der Waals surface area (Å²) in [4.78, 5) is 14.2. The zero-order valence-electron chi connectivity index (χ0n) is 9.82. The van der Waals surface area contributed by atoms with Gasteiger partial charge in [0.05, 0.1) is 12.1 Å². The lowest BCUT2D eigenvalue weighted by Crippen LogP contribution is -2.07. The number of hydrogen-bond donors (Lipinski definition) is 3. The molecule has 0 saturated carbocycles. The number of aromatic carboxylic acids is 1. The van der Waals surface area contributed by atoms with Crippen LogP contribution in [0, 0.1) is 0 Å². The Kier molecular flexibility index (Phi) is 2.48. The smallest absolute Gasteiger partial charge is 0.352 e. The van der Waals surface area contributed by atoms with Gasteiger partial charge in [0.25, 0.3) is 0 Å². The van der Waals surface area contributed by atoms with Gasteiger partial charge in [0, 0.05) is 11.8 Å². The Labute approximate surface area is 104 Å². The summed E-state index contributed by atoms with van der Waals surface area (Å²) in [5, 5.41) is 10.1. The minimum absolute atomic E-state index is 0.222. The lowest BCUT2D eigenvalue weighted by atomic mass is 10.0. The van der Waals surface area contributed by atoms with Gasteiger partial charge >= 0.3 is 5.97 Å². The van der Waals surface area contributed by atoms with Crippen molar-refractivity contribution in [3.05, 3.63) is 29.0 Å². The molecule has 1 aliphatic rings. The number of ether oxygens (including phenoxy) is 1. The first kappa shape index (κ1) is 11.1. The Morgan fingerprint density at radius 3 is 3.06 bits per heavy atom. The van der Waals surface area contributed by atoms with E-state index in [0.717, 1.165) is 34.2 Å². The number of carboxylic acid groups (broad SMARTS) is 1. The molecule has 5 heteroatoms. The molecule has 0 unspecified atom stereocenters. The van der Waals surface area contributed by atoms with E-state index < -0.39 is 5.97 Å². The Hall–Kier alpha value is -2.01. The summed E-state index contributed by atoms with van der Waals surface area (Å²) < 4.78 is 5.64.